The van der Waals surface area contributed by atoms with E-state index in [0.29, 0.717) is 19.0 Å². The average Bonchev–Trinajstić information content (AvgIpc) is 2.67. The molecule has 1 amide bonds. The van der Waals surface area contributed by atoms with Gasteiger partial charge in [0.1, 0.15) is 0 Å². The smallest absolute Gasteiger partial charge is 0.221 e. The molecule has 15 heavy (non-hydrogen) atoms. The normalized spacial score (nSPS) is 19.1. The first kappa shape index (κ1) is 12.5. The van der Waals surface area contributed by atoms with E-state index in [0.717, 1.165) is 12.3 Å². The molecule has 0 aromatic heterocycles. The highest BCUT2D eigenvalue weighted by molar-refractivity contribution is 5.76. The molecule has 3 heteroatoms. The topological polar surface area (TPSA) is 55.1 Å². The minimum atomic E-state index is 0.0939. The predicted octanol–water partition coefficient (Wildman–Crippen LogP) is 1.81. The number of carbonyl (C=O) groups excluding carboxylic acids is 1. The molecule has 0 spiro atoms. The van der Waals surface area contributed by atoms with Gasteiger partial charge < -0.3 is 11.1 Å². The van der Waals surface area contributed by atoms with Crippen molar-refractivity contribution in [3.8, 4) is 0 Å². The maximum atomic E-state index is 11.3. The summed E-state index contributed by atoms with van der Waals surface area (Å²) in [6.45, 7) is 2.53. The summed E-state index contributed by atoms with van der Waals surface area (Å²) in [5, 5.41) is 2.99. The van der Waals surface area contributed by atoms with Crippen LogP contribution in [0.3, 0.4) is 0 Å². The van der Waals surface area contributed by atoms with Crippen LogP contribution < -0.4 is 11.1 Å². The molecular formula is C12H24N2O. The van der Waals surface area contributed by atoms with Gasteiger partial charge in [-0.05, 0) is 25.7 Å². The van der Waals surface area contributed by atoms with E-state index in [4.69, 9.17) is 5.73 Å². The van der Waals surface area contributed by atoms with Crippen molar-refractivity contribution in [3.05, 3.63) is 0 Å². The Morgan fingerprint density at radius 2 is 2.13 bits per heavy atom. The molecule has 0 heterocycles. The Labute approximate surface area is 92.8 Å². The van der Waals surface area contributed by atoms with Gasteiger partial charge in [-0.3, -0.25) is 4.79 Å². The third-order valence-corrected chi connectivity index (χ3v) is 3.26. The fourth-order valence-corrected chi connectivity index (χ4v) is 2.33. The van der Waals surface area contributed by atoms with Crippen molar-refractivity contribution in [1.29, 1.82) is 0 Å². The zero-order chi connectivity index (χ0) is 11.1. The van der Waals surface area contributed by atoms with Gasteiger partial charge in [-0.2, -0.15) is 0 Å². The summed E-state index contributed by atoms with van der Waals surface area (Å²) in [6.07, 6.45) is 8.42. The minimum absolute atomic E-state index is 0.0939. The predicted molar refractivity (Wildman–Crippen MR) is 62.5 cm³/mol. The summed E-state index contributed by atoms with van der Waals surface area (Å²) >= 11 is 0. The lowest BCUT2D eigenvalue weighted by atomic mass is 9.99. The molecule has 1 aliphatic rings. The monoisotopic (exact) mass is 212 g/mol. The second kappa shape index (κ2) is 6.83. The summed E-state index contributed by atoms with van der Waals surface area (Å²) in [6, 6.07) is 0.310. The fraction of sp³-hybridized carbons (Fsp3) is 0.917. The summed E-state index contributed by atoms with van der Waals surface area (Å²) < 4.78 is 0. The number of nitrogens with two attached hydrogens (primary N) is 1. The highest BCUT2D eigenvalue weighted by atomic mass is 16.1. The van der Waals surface area contributed by atoms with Crippen molar-refractivity contribution in [2.24, 2.45) is 11.7 Å². The van der Waals surface area contributed by atoms with Crippen LogP contribution in [-0.2, 0) is 4.79 Å². The quantitative estimate of drug-likeness (QED) is 0.705. The molecule has 0 unspecified atom stereocenters. The van der Waals surface area contributed by atoms with Gasteiger partial charge in [0.15, 0.2) is 0 Å². The van der Waals surface area contributed by atoms with Gasteiger partial charge in [0, 0.05) is 19.0 Å². The van der Waals surface area contributed by atoms with E-state index >= 15 is 0 Å². The van der Waals surface area contributed by atoms with E-state index in [-0.39, 0.29) is 5.91 Å². The van der Waals surface area contributed by atoms with Crippen LogP contribution in [0.1, 0.15) is 51.9 Å². The van der Waals surface area contributed by atoms with Crippen LogP contribution >= 0.6 is 0 Å². The highest BCUT2D eigenvalue weighted by Crippen LogP contribution is 2.28. The van der Waals surface area contributed by atoms with E-state index < -0.39 is 0 Å². The first-order chi connectivity index (χ1) is 7.22. The maximum absolute atomic E-state index is 11.3. The molecule has 0 aromatic carbocycles. The molecule has 0 saturated heterocycles. The van der Waals surface area contributed by atoms with E-state index in [2.05, 4.69) is 12.2 Å². The molecule has 1 atom stereocenters. The lowest BCUT2D eigenvalue weighted by molar-refractivity contribution is -0.121. The Bertz CT molecular complexity index is 188. The number of rotatable bonds is 6. The Balaban J connectivity index is 2.06. The van der Waals surface area contributed by atoms with Gasteiger partial charge >= 0.3 is 0 Å². The number of nitrogens with one attached hydrogen (secondary N) is 1. The molecule has 1 saturated carbocycles. The van der Waals surface area contributed by atoms with Crippen molar-refractivity contribution < 1.29 is 4.79 Å². The minimum Gasteiger partial charge on any atom is -0.354 e. The van der Waals surface area contributed by atoms with E-state index in [1.807, 2.05) is 0 Å². The molecule has 0 aromatic rings. The average molecular weight is 212 g/mol. The number of hydrogen-bond donors (Lipinski definition) is 2. The van der Waals surface area contributed by atoms with Crippen molar-refractivity contribution in [2.45, 2.75) is 57.9 Å². The fourth-order valence-electron chi connectivity index (χ4n) is 2.33. The Morgan fingerprint density at radius 1 is 1.47 bits per heavy atom. The van der Waals surface area contributed by atoms with Gasteiger partial charge in [-0.15, -0.1) is 0 Å². The molecule has 1 fully saturated rings. The zero-order valence-electron chi connectivity index (χ0n) is 9.80. The summed E-state index contributed by atoms with van der Waals surface area (Å²) in [5.74, 6) is 1.01. The SMILES string of the molecule is C[C@@H](CCC1CCCC1)NC(=O)CCN. The van der Waals surface area contributed by atoms with Crippen LogP contribution in [0.5, 0.6) is 0 Å². The van der Waals surface area contributed by atoms with Crippen LogP contribution in [0.25, 0.3) is 0 Å². The molecule has 3 N–H and O–H groups in total. The second-order valence-corrected chi connectivity index (χ2v) is 4.74. The number of amides is 1. The van der Waals surface area contributed by atoms with Gasteiger partial charge in [0.2, 0.25) is 5.91 Å². The maximum Gasteiger partial charge on any atom is 0.221 e. The molecule has 0 radical (unpaired) electrons. The molecular weight excluding hydrogens is 188 g/mol. The second-order valence-electron chi connectivity index (χ2n) is 4.74. The summed E-state index contributed by atoms with van der Waals surface area (Å²) in [5.41, 5.74) is 5.32. The first-order valence-electron chi connectivity index (χ1n) is 6.21. The van der Waals surface area contributed by atoms with E-state index in [9.17, 15) is 4.79 Å². The van der Waals surface area contributed by atoms with Crippen molar-refractivity contribution in [2.75, 3.05) is 6.54 Å². The molecule has 88 valence electrons. The summed E-state index contributed by atoms with van der Waals surface area (Å²) in [7, 11) is 0. The Hall–Kier alpha value is -0.570. The molecule has 3 nitrogen and oxygen atoms in total. The lowest BCUT2D eigenvalue weighted by Gasteiger charge is -2.16. The van der Waals surface area contributed by atoms with Gasteiger partial charge in [-0.25, -0.2) is 0 Å². The van der Waals surface area contributed by atoms with Crippen LogP contribution in [0, 0.1) is 5.92 Å². The van der Waals surface area contributed by atoms with Gasteiger partial charge in [-0.1, -0.05) is 25.7 Å². The van der Waals surface area contributed by atoms with Crippen molar-refractivity contribution in [1.82, 2.24) is 5.32 Å². The lowest BCUT2D eigenvalue weighted by Crippen LogP contribution is -2.33. The largest absolute Gasteiger partial charge is 0.354 e. The number of hydrogen-bond acceptors (Lipinski definition) is 2. The van der Waals surface area contributed by atoms with E-state index in [1.165, 1.54) is 32.1 Å². The van der Waals surface area contributed by atoms with E-state index in [1.54, 1.807) is 0 Å². The number of carbonyl (C=O) groups is 1. The van der Waals surface area contributed by atoms with Crippen LogP contribution in [0.4, 0.5) is 0 Å². The molecule has 1 aliphatic carbocycles. The standard InChI is InChI=1S/C12H24N2O/c1-10(14-12(15)8-9-13)6-7-11-4-2-3-5-11/h10-11H,2-9,13H2,1H3,(H,14,15)/t10-/m0/s1. The van der Waals surface area contributed by atoms with Crippen LogP contribution in [0.15, 0.2) is 0 Å². The van der Waals surface area contributed by atoms with Crippen molar-refractivity contribution >= 4 is 5.91 Å². The van der Waals surface area contributed by atoms with Crippen molar-refractivity contribution in [3.63, 3.8) is 0 Å². The molecule has 0 bridgehead atoms. The zero-order valence-corrected chi connectivity index (χ0v) is 9.80. The molecule has 0 aliphatic heterocycles. The first-order valence-corrected chi connectivity index (χ1v) is 6.21. The third kappa shape index (κ3) is 5.17. The third-order valence-electron chi connectivity index (χ3n) is 3.26. The molecule has 1 rings (SSSR count). The van der Waals surface area contributed by atoms with Crippen LogP contribution in [0.2, 0.25) is 0 Å². The van der Waals surface area contributed by atoms with Crippen LogP contribution in [-0.4, -0.2) is 18.5 Å². The highest BCUT2D eigenvalue weighted by Gasteiger charge is 2.16. The van der Waals surface area contributed by atoms with Gasteiger partial charge in [0.05, 0.1) is 0 Å². The Morgan fingerprint density at radius 3 is 2.73 bits per heavy atom. The van der Waals surface area contributed by atoms with Gasteiger partial charge in [0.25, 0.3) is 0 Å². The summed E-state index contributed by atoms with van der Waals surface area (Å²) in [4.78, 5) is 11.3. The Kier molecular flexibility index (Phi) is 5.69.